The van der Waals surface area contributed by atoms with Gasteiger partial charge in [0.15, 0.2) is 5.58 Å². The zero-order valence-electron chi connectivity index (χ0n) is 8.10. The number of aryl methyl sites for hydroxylation is 2. The third-order valence-corrected chi connectivity index (χ3v) is 2.96. The molecule has 14 heavy (non-hydrogen) atoms. The lowest BCUT2D eigenvalue weighted by Crippen LogP contribution is -1.97. The van der Waals surface area contributed by atoms with Gasteiger partial charge in [-0.2, -0.15) is 0 Å². The maximum absolute atomic E-state index is 6.13. The van der Waals surface area contributed by atoms with E-state index in [9.17, 15) is 0 Å². The molecule has 2 N–H and O–H groups in total. The van der Waals surface area contributed by atoms with Gasteiger partial charge in [0, 0.05) is 11.6 Å². The number of hydrogen-bond donors (Lipinski definition) is 1. The summed E-state index contributed by atoms with van der Waals surface area (Å²) in [6.07, 6.45) is 0. The van der Waals surface area contributed by atoms with Crippen molar-refractivity contribution in [3.05, 3.63) is 27.9 Å². The number of rotatable bonds is 1. The van der Waals surface area contributed by atoms with Crippen LogP contribution >= 0.6 is 11.6 Å². The van der Waals surface area contributed by atoms with E-state index >= 15 is 0 Å². The summed E-state index contributed by atoms with van der Waals surface area (Å²) in [6.45, 7) is 4.26. The van der Waals surface area contributed by atoms with Crippen molar-refractivity contribution in [1.82, 2.24) is 5.16 Å². The Balaban J connectivity index is 2.88. The molecule has 0 radical (unpaired) electrons. The molecular formula is C10H11ClN2O. The Bertz CT molecular complexity index is 490. The summed E-state index contributed by atoms with van der Waals surface area (Å²) < 4.78 is 5.17. The van der Waals surface area contributed by atoms with Crippen molar-refractivity contribution in [2.45, 2.75) is 20.4 Å². The van der Waals surface area contributed by atoms with Crippen molar-refractivity contribution in [2.24, 2.45) is 5.73 Å². The van der Waals surface area contributed by atoms with Crippen LogP contribution in [0.3, 0.4) is 0 Å². The predicted molar refractivity (Wildman–Crippen MR) is 56.4 cm³/mol. The van der Waals surface area contributed by atoms with Gasteiger partial charge in [-0.15, -0.1) is 0 Å². The van der Waals surface area contributed by atoms with Crippen LogP contribution in [0.15, 0.2) is 10.6 Å². The molecule has 3 nitrogen and oxygen atoms in total. The molecule has 74 valence electrons. The molecule has 0 fully saturated rings. The molecule has 0 aliphatic rings. The lowest BCUT2D eigenvalue weighted by Gasteiger charge is -2.03. The van der Waals surface area contributed by atoms with Crippen LogP contribution in [-0.2, 0) is 6.54 Å². The van der Waals surface area contributed by atoms with Crippen molar-refractivity contribution in [1.29, 1.82) is 0 Å². The molecule has 0 unspecified atom stereocenters. The molecule has 1 aromatic heterocycles. The van der Waals surface area contributed by atoms with Crippen LogP contribution in [0, 0.1) is 13.8 Å². The first kappa shape index (κ1) is 9.49. The van der Waals surface area contributed by atoms with Crippen LogP contribution in [0.4, 0.5) is 0 Å². The first-order valence-electron chi connectivity index (χ1n) is 4.39. The number of nitrogens with two attached hydrogens (primary N) is 1. The van der Waals surface area contributed by atoms with Crippen LogP contribution < -0.4 is 5.73 Å². The molecule has 0 saturated carbocycles. The second-order valence-corrected chi connectivity index (χ2v) is 3.72. The standard InChI is InChI=1S/C10H11ClN2O/c1-5-3-8-9(6(2)10(5)11)7(4-12)13-14-8/h3H,4,12H2,1-2H3. The summed E-state index contributed by atoms with van der Waals surface area (Å²) >= 11 is 6.13. The minimum Gasteiger partial charge on any atom is -0.356 e. The number of halogens is 1. The van der Waals surface area contributed by atoms with Gasteiger partial charge < -0.3 is 10.3 Å². The van der Waals surface area contributed by atoms with Crippen LogP contribution in [0.1, 0.15) is 16.8 Å². The third-order valence-electron chi connectivity index (χ3n) is 2.38. The first-order chi connectivity index (χ1) is 6.65. The number of hydrogen-bond acceptors (Lipinski definition) is 3. The SMILES string of the molecule is Cc1cc2onc(CN)c2c(C)c1Cl. The van der Waals surface area contributed by atoms with E-state index < -0.39 is 0 Å². The lowest BCUT2D eigenvalue weighted by atomic mass is 10.1. The molecule has 4 heteroatoms. The summed E-state index contributed by atoms with van der Waals surface area (Å²) in [5.74, 6) is 0. The Morgan fingerprint density at radius 1 is 1.50 bits per heavy atom. The normalized spacial score (nSPS) is 11.1. The summed E-state index contributed by atoms with van der Waals surface area (Å²) in [7, 11) is 0. The lowest BCUT2D eigenvalue weighted by molar-refractivity contribution is 0.446. The van der Waals surface area contributed by atoms with E-state index in [4.69, 9.17) is 21.9 Å². The molecule has 0 atom stereocenters. The molecule has 0 spiro atoms. The van der Waals surface area contributed by atoms with Gasteiger partial charge in [-0.25, -0.2) is 0 Å². The summed E-state index contributed by atoms with van der Waals surface area (Å²) in [4.78, 5) is 0. The van der Waals surface area contributed by atoms with E-state index in [2.05, 4.69) is 5.16 Å². The minimum absolute atomic E-state index is 0.368. The molecule has 0 saturated heterocycles. The van der Waals surface area contributed by atoms with E-state index in [1.165, 1.54) is 0 Å². The quantitative estimate of drug-likeness (QED) is 0.787. The fourth-order valence-electron chi connectivity index (χ4n) is 1.64. The molecular weight excluding hydrogens is 200 g/mol. The molecule has 1 heterocycles. The van der Waals surface area contributed by atoms with E-state index in [-0.39, 0.29) is 0 Å². The van der Waals surface area contributed by atoms with Gasteiger partial charge in [0.25, 0.3) is 0 Å². The number of nitrogens with zero attached hydrogens (tertiary/aromatic N) is 1. The van der Waals surface area contributed by atoms with Gasteiger partial charge in [-0.1, -0.05) is 16.8 Å². The van der Waals surface area contributed by atoms with Gasteiger partial charge >= 0.3 is 0 Å². The number of aromatic nitrogens is 1. The van der Waals surface area contributed by atoms with Crippen LogP contribution in [0.2, 0.25) is 5.02 Å². The first-order valence-corrected chi connectivity index (χ1v) is 4.77. The Kier molecular flexibility index (Phi) is 2.21. The van der Waals surface area contributed by atoms with E-state index in [1.807, 2.05) is 19.9 Å². The van der Waals surface area contributed by atoms with Gasteiger partial charge in [0.1, 0.15) is 5.69 Å². The summed E-state index contributed by atoms with van der Waals surface area (Å²) in [6, 6.07) is 1.89. The Hall–Kier alpha value is -1.06. The Morgan fingerprint density at radius 2 is 2.21 bits per heavy atom. The van der Waals surface area contributed by atoms with Gasteiger partial charge in [0.05, 0.1) is 5.39 Å². The van der Waals surface area contributed by atoms with E-state index in [1.54, 1.807) is 0 Å². The summed E-state index contributed by atoms with van der Waals surface area (Å²) in [5.41, 5.74) is 9.06. The Labute approximate surface area is 86.8 Å². The number of benzene rings is 1. The third kappa shape index (κ3) is 1.21. The zero-order valence-corrected chi connectivity index (χ0v) is 8.85. The average molecular weight is 211 g/mol. The molecule has 0 bridgehead atoms. The van der Waals surface area contributed by atoms with Gasteiger partial charge in [0.2, 0.25) is 0 Å². The second kappa shape index (κ2) is 3.26. The highest BCUT2D eigenvalue weighted by molar-refractivity contribution is 6.33. The topological polar surface area (TPSA) is 52.0 Å². The van der Waals surface area contributed by atoms with Crippen molar-refractivity contribution in [3.63, 3.8) is 0 Å². The van der Waals surface area contributed by atoms with Crippen LogP contribution in [0.25, 0.3) is 11.0 Å². The molecule has 0 aliphatic heterocycles. The van der Waals surface area contributed by atoms with Crippen molar-refractivity contribution >= 4 is 22.6 Å². The Morgan fingerprint density at radius 3 is 2.86 bits per heavy atom. The smallest absolute Gasteiger partial charge is 0.167 e. The highest BCUT2D eigenvalue weighted by Gasteiger charge is 2.13. The van der Waals surface area contributed by atoms with E-state index in [0.29, 0.717) is 6.54 Å². The maximum atomic E-state index is 6.13. The molecule has 2 rings (SSSR count). The second-order valence-electron chi connectivity index (χ2n) is 3.34. The molecule has 2 aromatic rings. The van der Waals surface area contributed by atoms with Crippen LogP contribution in [-0.4, -0.2) is 5.16 Å². The maximum Gasteiger partial charge on any atom is 0.167 e. The van der Waals surface area contributed by atoms with Gasteiger partial charge in [-0.05, 0) is 31.0 Å². The summed E-state index contributed by atoms with van der Waals surface area (Å²) in [5, 5.41) is 5.61. The fourth-order valence-corrected chi connectivity index (χ4v) is 1.79. The predicted octanol–water partition coefficient (Wildman–Crippen LogP) is 2.56. The number of fused-ring (bicyclic) bond motifs is 1. The zero-order chi connectivity index (χ0) is 10.3. The van der Waals surface area contributed by atoms with Crippen molar-refractivity contribution < 1.29 is 4.52 Å². The molecule has 0 aliphatic carbocycles. The van der Waals surface area contributed by atoms with E-state index in [0.717, 1.165) is 32.8 Å². The monoisotopic (exact) mass is 210 g/mol. The van der Waals surface area contributed by atoms with Crippen molar-refractivity contribution in [3.8, 4) is 0 Å². The minimum atomic E-state index is 0.368. The van der Waals surface area contributed by atoms with Crippen LogP contribution in [0.5, 0.6) is 0 Å². The largest absolute Gasteiger partial charge is 0.356 e. The average Bonchev–Trinajstić information content (AvgIpc) is 2.57. The molecule has 1 aromatic carbocycles. The highest BCUT2D eigenvalue weighted by Crippen LogP contribution is 2.30. The highest BCUT2D eigenvalue weighted by atomic mass is 35.5. The fraction of sp³-hybridized carbons (Fsp3) is 0.300. The van der Waals surface area contributed by atoms with Gasteiger partial charge in [-0.3, -0.25) is 0 Å². The molecule has 0 amide bonds. The van der Waals surface area contributed by atoms with Crippen molar-refractivity contribution in [2.75, 3.05) is 0 Å².